The minimum Gasteiger partial charge on any atom is -0.494 e. The first-order valence-electron chi connectivity index (χ1n) is 7.22. The number of carbonyl (C=O) groups is 1. The standard InChI is InChI=1S/C16H25NO3/c1-3-20-15-7-5-4-6-13(15)9-8-12(2)10-14(11-17)16(18)19/h4-7,12,14H,3,8-11,17H2,1-2H3,(H,18,19). The van der Waals surface area contributed by atoms with Crippen molar-refractivity contribution < 1.29 is 14.6 Å². The minimum absolute atomic E-state index is 0.204. The molecular weight excluding hydrogens is 254 g/mol. The zero-order chi connectivity index (χ0) is 15.0. The Labute approximate surface area is 120 Å². The summed E-state index contributed by atoms with van der Waals surface area (Å²) in [4.78, 5) is 11.0. The fourth-order valence-electron chi connectivity index (χ4n) is 2.31. The van der Waals surface area contributed by atoms with Crippen molar-refractivity contribution in [2.75, 3.05) is 13.2 Å². The van der Waals surface area contributed by atoms with Gasteiger partial charge in [-0.1, -0.05) is 25.1 Å². The highest BCUT2D eigenvalue weighted by Crippen LogP contribution is 2.23. The number of rotatable bonds is 9. The Kier molecular flexibility index (Phi) is 7.09. The second-order valence-corrected chi connectivity index (χ2v) is 5.19. The van der Waals surface area contributed by atoms with Crippen LogP contribution < -0.4 is 10.5 Å². The van der Waals surface area contributed by atoms with E-state index in [9.17, 15) is 4.79 Å². The molecule has 2 unspecified atom stereocenters. The predicted octanol–water partition coefficient (Wildman–Crippen LogP) is 2.70. The molecule has 0 spiro atoms. The lowest BCUT2D eigenvalue weighted by Gasteiger charge is -2.17. The summed E-state index contributed by atoms with van der Waals surface area (Å²) in [7, 11) is 0. The van der Waals surface area contributed by atoms with Gasteiger partial charge in [0.25, 0.3) is 0 Å². The van der Waals surface area contributed by atoms with Crippen LogP contribution in [0, 0.1) is 11.8 Å². The smallest absolute Gasteiger partial charge is 0.307 e. The van der Waals surface area contributed by atoms with E-state index in [2.05, 4.69) is 13.0 Å². The quantitative estimate of drug-likeness (QED) is 0.729. The number of para-hydroxylation sites is 1. The van der Waals surface area contributed by atoms with Crippen LogP contribution in [0.1, 0.15) is 32.3 Å². The molecule has 112 valence electrons. The van der Waals surface area contributed by atoms with E-state index in [4.69, 9.17) is 15.6 Å². The molecule has 1 rings (SSSR count). The number of aliphatic carboxylic acids is 1. The fraction of sp³-hybridized carbons (Fsp3) is 0.562. The Balaban J connectivity index is 2.52. The van der Waals surface area contributed by atoms with Gasteiger partial charge in [-0.15, -0.1) is 0 Å². The van der Waals surface area contributed by atoms with Crippen LogP contribution in [0.15, 0.2) is 24.3 Å². The Morgan fingerprint density at radius 3 is 2.70 bits per heavy atom. The molecule has 2 atom stereocenters. The van der Waals surface area contributed by atoms with Crippen molar-refractivity contribution in [2.24, 2.45) is 17.6 Å². The van der Waals surface area contributed by atoms with E-state index in [-0.39, 0.29) is 6.54 Å². The normalized spacial score (nSPS) is 13.8. The van der Waals surface area contributed by atoms with E-state index in [0.717, 1.165) is 18.6 Å². The molecule has 4 heteroatoms. The van der Waals surface area contributed by atoms with Gasteiger partial charge in [0.2, 0.25) is 0 Å². The fourth-order valence-corrected chi connectivity index (χ4v) is 2.31. The number of carboxylic acids is 1. The molecule has 1 aromatic carbocycles. The molecule has 0 amide bonds. The molecule has 0 fully saturated rings. The van der Waals surface area contributed by atoms with Crippen molar-refractivity contribution in [1.29, 1.82) is 0 Å². The molecule has 20 heavy (non-hydrogen) atoms. The first kappa shape index (κ1) is 16.5. The second kappa shape index (κ2) is 8.59. The Morgan fingerprint density at radius 1 is 1.40 bits per heavy atom. The summed E-state index contributed by atoms with van der Waals surface area (Å²) in [5.41, 5.74) is 6.67. The highest BCUT2D eigenvalue weighted by atomic mass is 16.5. The number of ether oxygens (including phenoxy) is 1. The van der Waals surface area contributed by atoms with Crippen molar-refractivity contribution >= 4 is 5.97 Å². The van der Waals surface area contributed by atoms with Gasteiger partial charge in [-0.25, -0.2) is 0 Å². The van der Waals surface area contributed by atoms with Crippen molar-refractivity contribution in [2.45, 2.75) is 33.1 Å². The van der Waals surface area contributed by atoms with Gasteiger partial charge in [-0.3, -0.25) is 4.79 Å². The molecule has 0 bridgehead atoms. The zero-order valence-corrected chi connectivity index (χ0v) is 12.3. The highest BCUT2D eigenvalue weighted by molar-refractivity contribution is 5.70. The van der Waals surface area contributed by atoms with Crippen LogP contribution in [0.3, 0.4) is 0 Å². The van der Waals surface area contributed by atoms with Gasteiger partial charge in [0.05, 0.1) is 12.5 Å². The topological polar surface area (TPSA) is 72.5 Å². The largest absolute Gasteiger partial charge is 0.494 e. The SMILES string of the molecule is CCOc1ccccc1CCC(C)CC(CN)C(=O)O. The summed E-state index contributed by atoms with van der Waals surface area (Å²) >= 11 is 0. The number of carboxylic acid groups (broad SMARTS) is 1. The predicted molar refractivity (Wildman–Crippen MR) is 79.9 cm³/mol. The monoisotopic (exact) mass is 279 g/mol. The summed E-state index contributed by atoms with van der Waals surface area (Å²) in [6.07, 6.45) is 2.46. The van der Waals surface area contributed by atoms with Crippen LogP contribution in [0.5, 0.6) is 5.75 Å². The van der Waals surface area contributed by atoms with Gasteiger partial charge in [0.15, 0.2) is 0 Å². The van der Waals surface area contributed by atoms with Crippen LogP contribution >= 0.6 is 0 Å². The molecule has 1 aromatic rings. The molecule has 0 radical (unpaired) electrons. The molecule has 0 aromatic heterocycles. The van der Waals surface area contributed by atoms with Crippen molar-refractivity contribution in [1.82, 2.24) is 0 Å². The van der Waals surface area contributed by atoms with Gasteiger partial charge < -0.3 is 15.6 Å². The summed E-state index contributed by atoms with van der Waals surface area (Å²) < 4.78 is 5.60. The minimum atomic E-state index is -0.797. The van der Waals surface area contributed by atoms with Gasteiger partial charge in [0.1, 0.15) is 5.75 Å². The van der Waals surface area contributed by atoms with E-state index in [0.29, 0.717) is 18.9 Å². The summed E-state index contributed by atoms with van der Waals surface area (Å²) in [5, 5.41) is 9.02. The first-order valence-corrected chi connectivity index (χ1v) is 7.22. The van der Waals surface area contributed by atoms with Gasteiger partial charge >= 0.3 is 5.97 Å². The van der Waals surface area contributed by atoms with Crippen LogP contribution in [-0.2, 0) is 11.2 Å². The lowest BCUT2D eigenvalue weighted by Crippen LogP contribution is -2.25. The molecule has 0 aliphatic heterocycles. The van der Waals surface area contributed by atoms with Gasteiger partial charge in [-0.2, -0.15) is 0 Å². The van der Waals surface area contributed by atoms with Crippen molar-refractivity contribution in [3.8, 4) is 5.75 Å². The third-order valence-corrected chi connectivity index (χ3v) is 3.50. The van der Waals surface area contributed by atoms with Crippen molar-refractivity contribution in [3.63, 3.8) is 0 Å². The van der Waals surface area contributed by atoms with E-state index in [1.165, 1.54) is 5.56 Å². The van der Waals surface area contributed by atoms with Gasteiger partial charge in [-0.05, 0) is 43.7 Å². The number of hydrogen-bond donors (Lipinski definition) is 2. The third kappa shape index (κ3) is 5.21. The molecule has 0 heterocycles. The molecular formula is C16H25NO3. The molecule has 0 aliphatic rings. The highest BCUT2D eigenvalue weighted by Gasteiger charge is 2.18. The Bertz CT molecular complexity index is 420. The molecule has 0 aliphatic carbocycles. The summed E-state index contributed by atoms with van der Waals surface area (Å²) in [6.45, 7) is 4.91. The van der Waals surface area contributed by atoms with Crippen LogP contribution in [-0.4, -0.2) is 24.2 Å². The number of benzene rings is 1. The van der Waals surface area contributed by atoms with Crippen molar-refractivity contribution in [3.05, 3.63) is 29.8 Å². The maximum Gasteiger partial charge on any atom is 0.307 e. The Hall–Kier alpha value is -1.55. The average molecular weight is 279 g/mol. The molecule has 3 N–H and O–H groups in total. The average Bonchev–Trinajstić information content (AvgIpc) is 2.43. The molecule has 0 saturated carbocycles. The number of aryl methyl sites for hydroxylation is 1. The first-order chi connectivity index (χ1) is 9.58. The van der Waals surface area contributed by atoms with Crippen LogP contribution in [0.4, 0.5) is 0 Å². The van der Waals surface area contributed by atoms with Gasteiger partial charge in [0, 0.05) is 6.54 Å². The van der Waals surface area contributed by atoms with E-state index in [1.54, 1.807) is 0 Å². The van der Waals surface area contributed by atoms with E-state index >= 15 is 0 Å². The lowest BCUT2D eigenvalue weighted by atomic mass is 9.91. The molecule has 4 nitrogen and oxygen atoms in total. The van der Waals surface area contributed by atoms with Crippen LogP contribution in [0.2, 0.25) is 0 Å². The third-order valence-electron chi connectivity index (χ3n) is 3.50. The number of nitrogens with two attached hydrogens (primary N) is 1. The van der Waals surface area contributed by atoms with Crippen LogP contribution in [0.25, 0.3) is 0 Å². The number of hydrogen-bond acceptors (Lipinski definition) is 3. The summed E-state index contributed by atoms with van der Waals surface area (Å²) in [5.74, 6) is 0.0198. The maximum absolute atomic E-state index is 11.0. The maximum atomic E-state index is 11.0. The zero-order valence-electron chi connectivity index (χ0n) is 12.3. The van der Waals surface area contributed by atoms with E-state index in [1.807, 2.05) is 25.1 Å². The lowest BCUT2D eigenvalue weighted by molar-refractivity contribution is -0.141. The second-order valence-electron chi connectivity index (χ2n) is 5.19. The molecule has 0 saturated heterocycles. The van der Waals surface area contributed by atoms with E-state index < -0.39 is 11.9 Å². The summed E-state index contributed by atoms with van der Waals surface area (Å²) in [6, 6.07) is 8.01. The Morgan fingerprint density at radius 2 is 2.10 bits per heavy atom.